The largest absolute Gasteiger partial charge is 0.324 e. The van der Waals surface area contributed by atoms with Gasteiger partial charge in [-0.15, -0.1) is 10.2 Å². The lowest BCUT2D eigenvalue weighted by Crippen LogP contribution is -2.09. The van der Waals surface area contributed by atoms with Crippen LogP contribution in [0.15, 0.2) is 17.4 Å². The van der Waals surface area contributed by atoms with Gasteiger partial charge in [0.15, 0.2) is 5.16 Å². The lowest BCUT2D eigenvalue weighted by molar-refractivity contribution is 0.592. The Morgan fingerprint density at radius 1 is 1.37 bits per heavy atom. The van der Waals surface area contributed by atoms with Gasteiger partial charge in [-0.25, -0.2) is 0 Å². The molecule has 0 spiro atoms. The normalized spacial score (nSPS) is 11.1. The minimum atomic E-state index is 0.440. The lowest BCUT2D eigenvalue weighted by Gasteiger charge is -2.07. The van der Waals surface area contributed by atoms with Crippen molar-refractivity contribution in [3.63, 3.8) is 0 Å². The van der Waals surface area contributed by atoms with Crippen LogP contribution in [-0.2, 0) is 26.6 Å². The number of rotatable bonds is 7. The Morgan fingerprint density at radius 2 is 2.21 bits per heavy atom. The third-order valence-electron chi connectivity index (χ3n) is 2.94. The fourth-order valence-corrected chi connectivity index (χ4v) is 2.86. The van der Waals surface area contributed by atoms with Crippen molar-refractivity contribution in [2.75, 3.05) is 5.75 Å². The van der Waals surface area contributed by atoms with E-state index in [1.165, 1.54) is 5.69 Å². The number of aromatic nitrogens is 5. The number of aryl methyl sites for hydroxylation is 2. The van der Waals surface area contributed by atoms with Gasteiger partial charge in [0.2, 0.25) is 0 Å². The zero-order valence-corrected chi connectivity index (χ0v) is 12.2. The summed E-state index contributed by atoms with van der Waals surface area (Å²) in [5, 5.41) is 13.5. The van der Waals surface area contributed by atoms with E-state index in [-0.39, 0.29) is 0 Å². The van der Waals surface area contributed by atoms with Gasteiger partial charge in [0, 0.05) is 31.2 Å². The molecule has 19 heavy (non-hydrogen) atoms. The molecule has 7 heteroatoms. The highest BCUT2D eigenvalue weighted by Gasteiger charge is 2.10. The fraction of sp³-hybridized carbons (Fsp3) is 0.583. The maximum Gasteiger partial charge on any atom is 0.191 e. The van der Waals surface area contributed by atoms with Gasteiger partial charge >= 0.3 is 0 Å². The Kier molecular flexibility index (Phi) is 4.98. The maximum absolute atomic E-state index is 5.68. The van der Waals surface area contributed by atoms with Crippen LogP contribution in [0.4, 0.5) is 0 Å². The second kappa shape index (κ2) is 6.72. The summed E-state index contributed by atoms with van der Waals surface area (Å²) in [6, 6.07) is 2.04. The second-order valence-electron chi connectivity index (χ2n) is 4.30. The van der Waals surface area contributed by atoms with Gasteiger partial charge in [-0.3, -0.25) is 4.68 Å². The molecule has 2 aromatic heterocycles. The molecule has 0 radical (unpaired) electrons. The Bertz CT molecular complexity index is 518. The standard InChI is InChI=1S/C12H20N6S/c1-3-7-18-11(9-13)15-16-12(18)19-8-5-10-4-6-14-17(10)2/h4,6H,3,5,7-9,13H2,1-2H3. The van der Waals surface area contributed by atoms with Crippen LogP contribution in [0, 0.1) is 0 Å². The van der Waals surface area contributed by atoms with Crippen LogP contribution in [-0.4, -0.2) is 30.3 Å². The summed E-state index contributed by atoms with van der Waals surface area (Å²) < 4.78 is 4.02. The van der Waals surface area contributed by atoms with Gasteiger partial charge in [-0.05, 0) is 18.9 Å². The van der Waals surface area contributed by atoms with Crippen LogP contribution in [0.3, 0.4) is 0 Å². The average Bonchev–Trinajstić information content (AvgIpc) is 2.98. The van der Waals surface area contributed by atoms with Gasteiger partial charge in [-0.1, -0.05) is 18.7 Å². The molecule has 0 aliphatic carbocycles. The minimum absolute atomic E-state index is 0.440. The molecule has 2 N–H and O–H groups in total. The molecular weight excluding hydrogens is 260 g/mol. The topological polar surface area (TPSA) is 74.6 Å². The molecule has 0 amide bonds. The molecule has 0 unspecified atom stereocenters. The summed E-state index contributed by atoms with van der Waals surface area (Å²) >= 11 is 1.72. The van der Waals surface area contributed by atoms with Crippen LogP contribution in [0.2, 0.25) is 0 Å². The van der Waals surface area contributed by atoms with Crippen molar-refractivity contribution < 1.29 is 0 Å². The highest BCUT2D eigenvalue weighted by molar-refractivity contribution is 7.99. The first-order chi connectivity index (χ1) is 9.26. The zero-order chi connectivity index (χ0) is 13.7. The monoisotopic (exact) mass is 280 g/mol. The van der Waals surface area contributed by atoms with E-state index in [1.54, 1.807) is 11.8 Å². The first-order valence-corrected chi connectivity index (χ1v) is 7.46. The zero-order valence-electron chi connectivity index (χ0n) is 11.4. The maximum atomic E-state index is 5.68. The predicted molar refractivity (Wildman–Crippen MR) is 75.8 cm³/mol. The highest BCUT2D eigenvalue weighted by atomic mass is 32.2. The van der Waals surface area contributed by atoms with Crippen molar-refractivity contribution in [2.24, 2.45) is 12.8 Å². The summed E-state index contributed by atoms with van der Waals surface area (Å²) in [5.41, 5.74) is 6.91. The van der Waals surface area contributed by atoms with E-state index in [9.17, 15) is 0 Å². The van der Waals surface area contributed by atoms with E-state index < -0.39 is 0 Å². The summed E-state index contributed by atoms with van der Waals surface area (Å²) in [5.74, 6) is 1.83. The number of nitrogens with two attached hydrogens (primary N) is 1. The van der Waals surface area contributed by atoms with E-state index >= 15 is 0 Å². The third kappa shape index (κ3) is 3.36. The van der Waals surface area contributed by atoms with E-state index in [1.807, 2.05) is 24.0 Å². The Balaban J connectivity index is 1.95. The van der Waals surface area contributed by atoms with Crippen LogP contribution < -0.4 is 5.73 Å². The quantitative estimate of drug-likeness (QED) is 0.772. The Morgan fingerprint density at radius 3 is 2.84 bits per heavy atom. The van der Waals surface area contributed by atoms with Gasteiger partial charge in [0.25, 0.3) is 0 Å². The number of nitrogens with zero attached hydrogens (tertiary/aromatic N) is 5. The van der Waals surface area contributed by atoms with Crippen molar-refractivity contribution in [2.45, 2.75) is 38.0 Å². The van der Waals surface area contributed by atoms with Crippen molar-refractivity contribution in [1.29, 1.82) is 0 Å². The van der Waals surface area contributed by atoms with Gasteiger partial charge in [-0.2, -0.15) is 5.10 Å². The van der Waals surface area contributed by atoms with E-state index in [2.05, 4.69) is 26.8 Å². The molecule has 0 aromatic carbocycles. The first kappa shape index (κ1) is 14.1. The predicted octanol–water partition coefficient (Wildman–Crippen LogP) is 1.22. The molecule has 0 atom stereocenters. The van der Waals surface area contributed by atoms with Crippen molar-refractivity contribution in [3.05, 3.63) is 23.8 Å². The van der Waals surface area contributed by atoms with Gasteiger partial charge < -0.3 is 10.3 Å². The number of hydrogen-bond acceptors (Lipinski definition) is 5. The van der Waals surface area contributed by atoms with Crippen molar-refractivity contribution >= 4 is 11.8 Å². The SMILES string of the molecule is CCCn1c(CN)nnc1SCCc1ccnn1C. The molecule has 0 saturated carbocycles. The summed E-state index contributed by atoms with van der Waals surface area (Å²) in [6.45, 7) is 3.51. The number of hydrogen-bond donors (Lipinski definition) is 1. The van der Waals surface area contributed by atoms with E-state index in [0.29, 0.717) is 6.54 Å². The summed E-state index contributed by atoms with van der Waals surface area (Å²) in [7, 11) is 1.96. The average molecular weight is 280 g/mol. The number of thioether (sulfide) groups is 1. The smallest absolute Gasteiger partial charge is 0.191 e. The Labute approximate surface area is 117 Å². The van der Waals surface area contributed by atoms with Crippen LogP contribution in [0.5, 0.6) is 0 Å². The van der Waals surface area contributed by atoms with Crippen LogP contribution in [0.1, 0.15) is 24.9 Å². The van der Waals surface area contributed by atoms with E-state index in [4.69, 9.17) is 5.73 Å². The molecule has 6 nitrogen and oxygen atoms in total. The van der Waals surface area contributed by atoms with Gasteiger partial charge in [0.05, 0.1) is 6.54 Å². The van der Waals surface area contributed by atoms with Crippen molar-refractivity contribution in [3.8, 4) is 0 Å². The molecule has 104 valence electrons. The molecule has 0 fully saturated rings. The fourth-order valence-electron chi connectivity index (χ4n) is 1.92. The highest BCUT2D eigenvalue weighted by Crippen LogP contribution is 2.18. The molecule has 0 aliphatic rings. The molecule has 0 aliphatic heterocycles. The summed E-state index contributed by atoms with van der Waals surface area (Å²) in [4.78, 5) is 0. The van der Waals surface area contributed by atoms with Crippen molar-refractivity contribution in [1.82, 2.24) is 24.5 Å². The third-order valence-corrected chi connectivity index (χ3v) is 3.90. The lowest BCUT2D eigenvalue weighted by atomic mass is 10.3. The van der Waals surface area contributed by atoms with Crippen LogP contribution >= 0.6 is 11.8 Å². The molecule has 0 saturated heterocycles. The molecule has 2 aromatic rings. The second-order valence-corrected chi connectivity index (χ2v) is 5.36. The Hall–Kier alpha value is -1.34. The molecule has 0 bridgehead atoms. The molecular formula is C12H20N6S. The van der Waals surface area contributed by atoms with Crippen LogP contribution in [0.25, 0.3) is 0 Å². The first-order valence-electron chi connectivity index (χ1n) is 6.48. The minimum Gasteiger partial charge on any atom is -0.324 e. The van der Waals surface area contributed by atoms with Gasteiger partial charge in [0.1, 0.15) is 5.82 Å². The summed E-state index contributed by atoms with van der Waals surface area (Å²) in [6.07, 6.45) is 3.85. The molecule has 2 heterocycles. The molecule has 2 rings (SSSR count). The van der Waals surface area contributed by atoms with E-state index in [0.717, 1.165) is 36.1 Å².